The number of fused-ring (bicyclic) bond motifs is 3. The van der Waals surface area contributed by atoms with Crippen molar-refractivity contribution in [3.63, 3.8) is 0 Å². The molecule has 5 rings (SSSR count). The number of rotatable bonds is 9. The van der Waals surface area contributed by atoms with Crippen molar-refractivity contribution in [2.45, 2.75) is 38.0 Å². The molecule has 3 aliphatic carbocycles. The summed E-state index contributed by atoms with van der Waals surface area (Å²) in [6, 6.07) is 16.4. The van der Waals surface area contributed by atoms with Gasteiger partial charge in [0.2, 0.25) is 5.91 Å². The lowest BCUT2D eigenvalue weighted by atomic mass is 9.66. The summed E-state index contributed by atoms with van der Waals surface area (Å²) in [6.45, 7) is 1.07. The van der Waals surface area contributed by atoms with Crippen LogP contribution < -0.4 is 10.6 Å². The minimum absolute atomic E-state index is 0.0126. The number of carbonyl (C=O) groups excluding carboxylic acids is 2. The molecule has 2 unspecified atom stereocenters. The van der Waals surface area contributed by atoms with Crippen molar-refractivity contribution in [3.05, 3.63) is 59.7 Å². The van der Waals surface area contributed by atoms with Gasteiger partial charge in [-0.05, 0) is 52.8 Å². The fraction of sp³-hybridized carbons (Fsp3) is 0.444. The minimum Gasteiger partial charge on any atom is -0.481 e. The summed E-state index contributed by atoms with van der Waals surface area (Å²) >= 11 is 0. The Kier molecular flexibility index (Phi) is 6.02. The van der Waals surface area contributed by atoms with Gasteiger partial charge in [0, 0.05) is 25.4 Å². The zero-order chi connectivity index (χ0) is 23.7. The summed E-state index contributed by atoms with van der Waals surface area (Å²) in [5, 5.41) is 14.7. The van der Waals surface area contributed by atoms with Crippen LogP contribution in [0.15, 0.2) is 48.5 Å². The molecule has 0 bridgehead atoms. The second-order valence-electron chi connectivity index (χ2n) is 9.95. The standard InChI is InChI=1S/C27H30N2O5/c30-24(28-14-17-12-22(17)25(31)32)13-27(10-5-11-27)16-29-26(33)34-15-23-20-8-3-1-6-18(20)19-7-2-4-9-21(19)23/h1-4,6-9,17,22-23H,5,10-16H2,(H,28,30)(H,29,33)(H,31,32). The smallest absolute Gasteiger partial charge is 0.407 e. The number of benzene rings is 2. The van der Waals surface area contributed by atoms with E-state index in [1.807, 2.05) is 24.3 Å². The second-order valence-corrected chi connectivity index (χ2v) is 9.95. The first-order valence-electron chi connectivity index (χ1n) is 12.0. The van der Waals surface area contributed by atoms with Gasteiger partial charge in [0.05, 0.1) is 5.92 Å². The van der Waals surface area contributed by atoms with Crippen molar-refractivity contribution in [3.8, 4) is 11.1 Å². The highest BCUT2D eigenvalue weighted by molar-refractivity contribution is 5.79. The maximum Gasteiger partial charge on any atom is 0.407 e. The Morgan fingerprint density at radius 1 is 0.971 bits per heavy atom. The SMILES string of the molecule is O=C(CC1(CNC(=O)OCC2c3ccccc3-c3ccccc32)CCC1)NCC1CC1C(=O)O. The predicted molar refractivity (Wildman–Crippen MR) is 126 cm³/mol. The van der Waals surface area contributed by atoms with Gasteiger partial charge in [0.15, 0.2) is 0 Å². The van der Waals surface area contributed by atoms with Crippen LogP contribution in [0.2, 0.25) is 0 Å². The number of amides is 2. The van der Waals surface area contributed by atoms with E-state index in [2.05, 4.69) is 34.9 Å². The van der Waals surface area contributed by atoms with Gasteiger partial charge in [-0.2, -0.15) is 0 Å². The Morgan fingerprint density at radius 2 is 1.62 bits per heavy atom. The van der Waals surface area contributed by atoms with Crippen LogP contribution >= 0.6 is 0 Å². The van der Waals surface area contributed by atoms with Gasteiger partial charge in [-0.3, -0.25) is 9.59 Å². The third-order valence-electron chi connectivity index (χ3n) is 7.70. The van der Waals surface area contributed by atoms with E-state index in [9.17, 15) is 14.4 Å². The van der Waals surface area contributed by atoms with E-state index in [4.69, 9.17) is 9.84 Å². The van der Waals surface area contributed by atoms with Crippen LogP contribution in [-0.4, -0.2) is 42.8 Å². The maximum absolute atomic E-state index is 12.5. The number of hydrogen-bond donors (Lipinski definition) is 3. The molecule has 3 aliphatic rings. The molecule has 3 N–H and O–H groups in total. The van der Waals surface area contributed by atoms with Gasteiger partial charge in [-0.1, -0.05) is 55.0 Å². The number of carboxylic acids is 1. The molecule has 0 radical (unpaired) electrons. The molecule has 7 nitrogen and oxygen atoms in total. The molecule has 0 aromatic heterocycles. The number of carboxylic acid groups (broad SMARTS) is 1. The topological polar surface area (TPSA) is 105 Å². The monoisotopic (exact) mass is 462 g/mol. The fourth-order valence-electron chi connectivity index (χ4n) is 5.43. The van der Waals surface area contributed by atoms with Crippen LogP contribution in [0.4, 0.5) is 4.79 Å². The third kappa shape index (κ3) is 4.52. The summed E-state index contributed by atoms with van der Waals surface area (Å²) in [5.74, 6) is -1.14. The van der Waals surface area contributed by atoms with Gasteiger partial charge >= 0.3 is 12.1 Å². The highest BCUT2D eigenvalue weighted by Gasteiger charge is 2.44. The molecule has 7 heteroatoms. The van der Waals surface area contributed by atoms with E-state index in [1.54, 1.807) is 0 Å². The molecule has 0 aliphatic heterocycles. The quantitative estimate of drug-likeness (QED) is 0.524. The zero-order valence-corrected chi connectivity index (χ0v) is 19.1. The minimum atomic E-state index is -0.790. The van der Waals surface area contributed by atoms with Gasteiger partial charge in [-0.15, -0.1) is 0 Å². The molecule has 2 saturated carbocycles. The summed E-state index contributed by atoms with van der Waals surface area (Å²) in [5.41, 5.74) is 4.47. The summed E-state index contributed by atoms with van der Waals surface area (Å²) in [6.07, 6.45) is 3.29. The summed E-state index contributed by atoms with van der Waals surface area (Å²) < 4.78 is 5.62. The van der Waals surface area contributed by atoms with Crippen LogP contribution in [0.25, 0.3) is 11.1 Å². The molecule has 2 amide bonds. The predicted octanol–water partition coefficient (Wildman–Crippen LogP) is 3.92. The van der Waals surface area contributed by atoms with Gasteiger partial charge in [0.25, 0.3) is 0 Å². The molecule has 178 valence electrons. The van der Waals surface area contributed by atoms with Crippen LogP contribution in [0, 0.1) is 17.3 Å². The van der Waals surface area contributed by atoms with Crippen molar-refractivity contribution in [1.82, 2.24) is 10.6 Å². The van der Waals surface area contributed by atoms with Crippen LogP contribution in [0.5, 0.6) is 0 Å². The molecule has 2 aromatic rings. The first-order chi connectivity index (χ1) is 16.5. The molecular formula is C27H30N2O5. The first kappa shape index (κ1) is 22.4. The molecule has 0 spiro atoms. The molecule has 2 atom stereocenters. The first-order valence-corrected chi connectivity index (χ1v) is 12.0. The largest absolute Gasteiger partial charge is 0.481 e. The lowest BCUT2D eigenvalue weighted by molar-refractivity contribution is -0.139. The van der Waals surface area contributed by atoms with Crippen molar-refractivity contribution in [2.24, 2.45) is 17.3 Å². The van der Waals surface area contributed by atoms with Crippen molar-refractivity contribution in [1.29, 1.82) is 0 Å². The van der Waals surface area contributed by atoms with Crippen LogP contribution in [0.1, 0.15) is 49.1 Å². The third-order valence-corrected chi connectivity index (χ3v) is 7.70. The Hall–Kier alpha value is -3.35. The summed E-state index contributed by atoms with van der Waals surface area (Å²) in [7, 11) is 0. The van der Waals surface area contributed by atoms with Gasteiger partial charge in [0.1, 0.15) is 6.61 Å². The van der Waals surface area contributed by atoms with Gasteiger partial charge in [-0.25, -0.2) is 4.79 Å². The van der Waals surface area contributed by atoms with E-state index in [0.717, 1.165) is 19.3 Å². The van der Waals surface area contributed by atoms with E-state index < -0.39 is 12.1 Å². The fourth-order valence-corrected chi connectivity index (χ4v) is 5.43. The summed E-state index contributed by atoms with van der Waals surface area (Å²) in [4.78, 5) is 35.9. The van der Waals surface area contributed by atoms with Crippen molar-refractivity contribution in [2.75, 3.05) is 19.7 Å². The highest BCUT2D eigenvalue weighted by atomic mass is 16.5. The average molecular weight is 463 g/mol. The number of aliphatic carboxylic acids is 1. The lowest BCUT2D eigenvalue weighted by Crippen LogP contribution is -2.45. The maximum atomic E-state index is 12.5. The number of ether oxygens (including phenoxy) is 1. The molecule has 2 aromatic carbocycles. The Bertz CT molecular complexity index is 1060. The Morgan fingerprint density at radius 3 is 2.18 bits per heavy atom. The Balaban J connectivity index is 1.11. The molecule has 34 heavy (non-hydrogen) atoms. The molecule has 2 fully saturated rings. The van der Waals surface area contributed by atoms with E-state index >= 15 is 0 Å². The molecule has 0 heterocycles. The average Bonchev–Trinajstić information content (AvgIpc) is 3.54. The molecular weight excluding hydrogens is 432 g/mol. The van der Waals surface area contributed by atoms with Crippen LogP contribution in [0.3, 0.4) is 0 Å². The van der Waals surface area contributed by atoms with Crippen LogP contribution in [-0.2, 0) is 14.3 Å². The van der Waals surface area contributed by atoms with Crippen molar-refractivity contribution >= 4 is 18.0 Å². The van der Waals surface area contributed by atoms with E-state index in [-0.39, 0.29) is 35.7 Å². The lowest BCUT2D eigenvalue weighted by Gasteiger charge is -2.41. The number of alkyl carbamates (subject to hydrolysis) is 1. The second kappa shape index (κ2) is 9.12. The normalized spacial score (nSPS) is 21.5. The number of hydrogen-bond acceptors (Lipinski definition) is 4. The number of carbonyl (C=O) groups is 3. The van der Waals surface area contributed by atoms with Gasteiger partial charge < -0.3 is 20.5 Å². The van der Waals surface area contributed by atoms with Crippen molar-refractivity contribution < 1.29 is 24.2 Å². The number of nitrogens with one attached hydrogen (secondary N) is 2. The van der Waals surface area contributed by atoms with E-state index in [0.29, 0.717) is 25.9 Å². The zero-order valence-electron chi connectivity index (χ0n) is 19.1. The Labute approximate surface area is 198 Å². The highest BCUT2D eigenvalue weighted by Crippen LogP contribution is 2.45. The molecule has 0 saturated heterocycles. The van der Waals surface area contributed by atoms with E-state index in [1.165, 1.54) is 22.3 Å².